The number of fused-ring (bicyclic) bond motifs is 1. The van der Waals surface area contributed by atoms with Gasteiger partial charge in [0.1, 0.15) is 10.0 Å². The highest BCUT2D eigenvalue weighted by atomic mass is 32.4. The molecule has 0 spiro atoms. The summed E-state index contributed by atoms with van der Waals surface area (Å²) in [6.07, 6.45) is 7.51. The molecule has 0 radical (unpaired) electrons. The lowest BCUT2D eigenvalue weighted by Crippen LogP contribution is -2.14. The number of hydrogen-bond donors (Lipinski definition) is 2. The topological polar surface area (TPSA) is 49.8 Å². The van der Waals surface area contributed by atoms with E-state index in [4.69, 9.17) is 16.8 Å². The van der Waals surface area contributed by atoms with E-state index in [2.05, 4.69) is 40.7 Å². The molecule has 2 N–H and O–H groups in total. The minimum absolute atomic E-state index is 0.330. The fourth-order valence-electron chi connectivity index (χ4n) is 3.83. The van der Waals surface area contributed by atoms with E-state index >= 15 is 0 Å². The van der Waals surface area contributed by atoms with Crippen LogP contribution in [0.4, 0.5) is 10.7 Å². The second kappa shape index (κ2) is 7.86. The van der Waals surface area contributed by atoms with Crippen molar-refractivity contribution in [2.75, 3.05) is 36.5 Å². The van der Waals surface area contributed by atoms with Gasteiger partial charge in [0.05, 0.1) is 29.3 Å². The molecule has 4 rings (SSSR count). The highest BCUT2D eigenvalue weighted by Crippen LogP contribution is 2.65. The first-order valence-electron chi connectivity index (χ1n) is 9.37. The van der Waals surface area contributed by atoms with Gasteiger partial charge >= 0.3 is 0 Å². The van der Waals surface area contributed by atoms with E-state index in [1.54, 1.807) is 11.3 Å². The molecule has 7 heteroatoms. The van der Waals surface area contributed by atoms with Gasteiger partial charge in [-0.1, -0.05) is 36.9 Å². The van der Waals surface area contributed by atoms with Gasteiger partial charge in [-0.05, 0) is 42.8 Å². The lowest BCUT2D eigenvalue weighted by molar-refractivity contribution is 0.668. The molecule has 0 bridgehead atoms. The van der Waals surface area contributed by atoms with Gasteiger partial charge in [-0.25, -0.2) is 4.98 Å². The SMILES string of the molecule is CNc1cnc(C(CNc2cnc3ccccc3c2)P2(=S)CC[C@H](C)C2)s1. The summed E-state index contributed by atoms with van der Waals surface area (Å²) >= 11 is 8.04. The summed E-state index contributed by atoms with van der Waals surface area (Å²) in [6.45, 7) is 3.17. The smallest absolute Gasteiger partial charge is 0.108 e. The predicted molar refractivity (Wildman–Crippen MR) is 122 cm³/mol. The fraction of sp³-hybridized carbons (Fsp3) is 0.400. The van der Waals surface area contributed by atoms with Crippen molar-refractivity contribution in [2.24, 2.45) is 5.92 Å². The molecule has 2 unspecified atom stereocenters. The molecular weight excluding hydrogens is 391 g/mol. The van der Waals surface area contributed by atoms with Crippen molar-refractivity contribution in [3.05, 3.63) is 47.7 Å². The summed E-state index contributed by atoms with van der Waals surface area (Å²) in [5.41, 5.74) is 2.41. The summed E-state index contributed by atoms with van der Waals surface area (Å²) in [4.78, 5) is 9.30. The molecule has 3 atom stereocenters. The fourth-order valence-corrected chi connectivity index (χ4v) is 10.9. The molecule has 1 aliphatic heterocycles. The second-order valence-corrected chi connectivity index (χ2v) is 14.0. The van der Waals surface area contributed by atoms with Crippen LogP contribution >= 0.6 is 17.4 Å². The van der Waals surface area contributed by atoms with Gasteiger partial charge in [0.2, 0.25) is 0 Å². The van der Waals surface area contributed by atoms with E-state index in [1.165, 1.54) is 23.8 Å². The summed E-state index contributed by atoms with van der Waals surface area (Å²) in [5.74, 6) is 0.740. The van der Waals surface area contributed by atoms with Crippen molar-refractivity contribution < 1.29 is 0 Å². The molecule has 2 aromatic heterocycles. The summed E-state index contributed by atoms with van der Waals surface area (Å²) in [6, 6.07) is 8.92. The minimum Gasteiger partial charge on any atom is -0.383 e. The first-order chi connectivity index (χ1) is 13.1. The largest absolute Gasteiger partial charge is 0.383 e. The van der Waals surface area contributed by atoms with Crippen molar-refractivity contribution in [1.29, 1.82) is 0 Å². The van der Waals surface area contributed by atoms with Crippen LogP contribution in [0.2, 0.25) is 0 Å². The summed E-state index contributed by atoms with van der Waals surface area (Å²) in [5, 5.41) is 10.3. The number of aromatic nitrogens is 2. The Kier molecular flexibility index (Phi) is 5.49. The molecule has 3 heterocycles. The van der Waals surface area contributed by atoms with E-state index in [0.717, 1.165) is 34.1 Å². The number of rotatable bonds is 6. The first-order valence-corrected chi connectivity index (χ1v) is 13.4. The van der Waals surface area contributed by atoms with Gasteiger partial charge in [-0.3, -0.25) is 4.98 Å². The standard InChI is InChI=1S/C20H25N4PS2/c1-14-7-8-25(26,13-14)18(20-24-12-19(21-2)27-20)11-22-16-9-15-5-3-4-6-17(15)23-10-16/h3-6,9-10,12,14,18,21-22H,7-8,11,13H2,1-2H3/t14-,18?,25?/m0/s1. The highest BCUT2D eigenvalue weighted by Gasteiger charge is 2.37. The Morgan fingerprint density at radius 3 is 2.89 bits per heavy atom. The minimum atomic E-state index is -1.47. The molecule has 4 nitrogen and oxygen atoms in total. The third-order valence-electron chi connectivity index (χ3n) is 5.33. The molecule has 1 saturated heterocycles. The molecule has 1 fully saturated rings. The number of para-hydroxylation sites is 1. The Bertz CT molecular complexity index is 987. The second-order valence-electron chi connectivity index (χ2n) is 7.38. The van der Waals surface area contributed by atoms with Crippen LogP contribution in [0.5, 0.6) is 0 Å². The normalized spacial score (nSPS) is 23.4. The van der Waals surface area contributed by atoms with Crippen LogP contribution in [-0.4, -0.2) is 35.9 Å². The highest BCUT2D eigenvalue weighted by molar-refractivity contribution is 8.15. The number of pyridine rings is 1. The quantitative estimate of drug-likeness (QED) is 0.527. The zero-order valence-corrected chi connectivity index (χ0v) is 18.2. The molecule has 3 aromatic rings. The summed E-state index contributed by atoms with van der Waals surface area (Å²) < 4.78 is 0. The molecule has 0 saturated carbocycles. The Morgan fingerprint density at radius 1 is 1.30 bits per heavy atom. The van der Waals surface area contributed by atoms with Crippen LogP contribution in [0.25, 0.3) is 10.9 Å². The van der Waals surface area contributed by atoms with Crippen molar-refractivity contribution in [3.63, 3.8) is 0 Å². The molecule has 0 aliphatic carbocycles. The van der Waals surface area contributed by atoms with Gasteiger partial charge in [0.25, 0.3) is 0 Å². The van der Waals surface area contributed by atoms with E-state index in [1.807, 2.05) is 31.6 Å². The van der Waals surface area contributed by atoms with Gasteiger partial charge in [0, 0.05) is 19.0 Å². The van der Waals surface area contributed by atoms with Gasteiger partial charge in [-0.15, -0.1) is 11.3 Å². The number of thiazole rings is 1. The van der Waals surface area contributed by atoms with Crippen molar-refractivity contribution in [2.45, 2.75) is 19.0 Å². The van der Waals surface area contributed by atoms with Crippen LogP contribution in [0.3, 0.4) is 0 Å². The molecule has 1 aromatic carbocycles. The Labute approximate surface area is 169 Å². The Hall–Kier alpha value is -1.49. The molecule has 0 amide bonds. The maximum Gasteiger partial charge on any atom is 0.108 e. The zero-order valence-electron chi connectivity index (χ0n) is 15.7. The van der Waals surface area contributed by atoms with E-state index in [9.17, 15) is 0 Å². The van der Waals surface area contributed by atoms with Crippen molar-refractivity contribution in [3.8, 4) is 0 Å². The van der Waals surface area contributed by atoms with E-state index in [-0.39, 0.29) is 0 Å². The monoisotopic (exact) mass is 416 g/mol. The van der Waals surface area contributed by atoms with Crippen LogP contribution in [0.15, 0.2) is 42.7 Å². The van der Waals surface area contributed by atoms with Crippen molar-refractivity contribution in [1.82, 2.24) is 9.97 Å². The Morgan fingerprint density at radius 2 is 2.15 bits per heavy atom. The average Bonchev–Trinajstić information content (AvgIpc) is 3.28. The van der Waals surface area contributed by atoms with E-state index in [0.29, 0.717) is 5.66 Å². The van der Waals surface area contributed by atoms with Gasteiger partial charge in [0.15, 0.2) is 0 Å². The van der Waals surface area contributed by atoms with E-state index < -0.39 is 6.04 Å². The Balaban J connectivity index is 1.59. The number of benzene rings is 1. The average molecular weight is 417 g/mol. The molecule has 1 aliphatic rings. The third kappa shape index (κ3) is 4.03. The molecule has 142 valence electrons. The van der Waals surface area contributed by atoms with Crippen LogP contribution < -0.4 is 10.6 Å². The number of nitrogens with zero attached hydrogens (tertiary/aromatic N) is 2. The number of nitrogens with one attached hydrogen (secondary N) is 2. The van der Waals surface area contributed by atoms with Gasteiger partial charge < -0.3 is 10.6 Å². The maximum absolute atomic E-state index is 6.29. The molecular formula is C20H25N4PS2. The lowest BCUT2D eigenvalue weighted by atomic mass is 10.2. The van der Waals surface area contributed by atoms with Crippen LogP contribution in [-0.2, 0) is 11.8 Å². The first kappa shape index (κ1) is 18.9. The number of anilines is 2. The summed E-state index contributed by atoms with van der Waals surface area (Å²) in [7, 11) is 1.95. The van der Waals surface area contributed by atoms with Crippen LogP contribution in [0, 0.1) is 5.92 Å². The number of hydrogen-bond acceptors (Lipinski definition) is 6. The van der Waals surface area contributed by atoms with Crippen molar-refractivity contribution >= 4 is 50.8 Å². The van der Waals surface area contributed by atoms with Crippen LogP contribution in [0.1, 0.15) is 24.0 Å². The maximum atomic E-state index is 6.29. The lowest BCUT2D eigenvalue weighted by Gasteiger charge is -2.27. The van der Waals surface area contributed by atoms with Gasteiger partial charge in [-0.2, -0.15) is 0 Å². The molecule has 27 heavy (non-hydrogen) atoms. The predicted octanol–water partition coefficient (Wildman–Crippen LogP) is 5.41. The third-order valence-corrected chi connectivity index (χ3v) is 12.2. The zero-order chi connectivity index (χ0) is 18.9.